The predicted octanol–water partition coefficient (Wildman–Crippen LogP) is 3.87. The summed E-state index contributed by atoms with van der Waals surface area (Å²) in [6.07, 6.45) is 3.44. The van der Waals surface area contributed by atoms with Crippen LogP contribution in [0.15, 0.2) is 48.8 Å². The number of carbonyl (C=O) groups is 1. The first kappa shape index (κ1) is 16.7. The van der Waals surface area contributed by atoms with Crippen LogP contribution in [0.3, 0.4) is 0 Å². The summed E-state index contributed by atoms with van der Waals surface area (Å²) < 4.78 is 29.8. The number of aromatic nitrogens is 2. The van der Waals surface area contributed by atoms with Gasteiger partial charge in [-0.1, -0.05) is 18.2 Å². The van der Waals surface area contributed by atoms with Gasteiger partial charge in [-0.25, -0.2) is 13.8 Å². The van der Waals surface area contributed by atoms with Crippen molar-refractivity contribution in [1.82, 2.24) is 14.5 Å². The van der Waals surface area contributed by atoms with E-state index >= 15 is 0 Å². The summed E-state index contributed by atoms with van der Waals surface area (Å²) in [6, 6.07) is 11.5. The number of nitrogens with zero attached hydrogens (tertiary/aromatic N) is 3. The van der Waals surface area contributed by atoms with Crippen LogP contribution in [0, 0.1) is 17.6 Å². The van der Waals surface area contributed by atoms with E-state index in [-0.39, 0.29) is 0 Å². The molecule has 0 bridgehead atoms. The van der Waals surface area contributed by atoms with Crippen molar-refractivity contribution in [3.05, 3.63) is 66.0 Å². The Bertz CT molecular complexity index is 925. The highest BCUT2D eigenvalue weighted by molar-refractivity contribution is 5.94. The Morgan fingerprint density at radius 3 is 2.46 bits per heavy atom. The first-order valence-electron chi connectivity index (χ1n) is 8.76. The first-order valence-corrected chi connectivity index (χ1v) is 8.76. The second kappa shape index (κ2) is 6.86. The van der Waals surface area contributed by atoms with E-state index in [0.29, 0.717) is 19.0 Å². The molecule has 0 spiro atoms. The smallest absolute Gasteiger partial charge is 0.259 e. The largest absolute Gasteiger partial charge is 0.338 e. The van der Waals surface area contributed by atoms with Crippen molar-refractivity contribution in [2.24, 2.45) is 5.92 Å². The van der Waals surface area contributed by atoms with Gasteiger partial charge in [-0.05, 0) is 43.0 Å². The van der Waals surface area contributed by atoms with Crippen LogP contribution in [-0.2, 0) is 6.54 Å². The Kier molecular flexibility index (Phi) is 4.41. The molecule has 1 saturated heterocycles. The average Bonchev–Trinajstić information content (AvgIpc) is 3.05. The number of piperidine rings is 1. The third-order valence-electron chi connectivity index (χ3n) is 5.06. The lowest BCUT2D eigenvalue weighted by Crippen LogP contribution is -2.40. The highest BCUT2D eigenvalue weighted by Crippen LogP contribution is 2.24. The number of para-hydroxylation sites is 2. The maximum atomic E-state index is 13.8. The van der Waals surface area contributed by atoms with Crippen LogP contribution >= 0.6 is 0 Å². The van der Waals surface area contributed by atoms with E-state index in [2.05, 4.69) is 9.55 Å². The van der Waals surface area contributed by atoms with E-state index in [1.165, 1.54) is 6.07 Å². The van der Waals surface area contributed by atoms with Gasteiger partial charge in [0, 0.05) is 19.6 Å². The third-order valence-corrected chi connectivity index (χ3v) is 5.06. The molecule has 1 fully saturated rings. The second-order valence-corrected chi connectivity index (χ2v) is 6.72. The number of hydrogen-bond donors (Lipinski definition) is 0. The molecular weight excluding hydrogens is 336 g/mol. The molecule has 2 heterocycles. The quantitative estimate of drug-likeness (QED) is 0.715. The first-order chi connectivity index (χ1) is 12.6. The van der Waals surface area contributed by atoms with Crippen molar-refractivity contribution < 1.29 is 13.6 Å². The molecule has 2 aromatic carbocycles. The molecule has 1 aliphatic rings. The molecule has 1 aromatic heterocycles. The minimum absolute atomic E-state index is 0.405. The van der Waals surface area contributed by atoms with Crippen molar-refractivity contribution in [3.63, 3.8) is 0 Å². The van der Waals surface area contributed by atoms with Crippen LogP contribution in [0.1, 0.15) is 23.2 Å². The fourth-order valence-corrected chi connectivity index (χ4v) is 3.61. The lowest BCUT2D eigenvalue weighted by molar-refractivity contribution is 0.0673. The van der Waals surface area contributed by atoms with Gasteiger partial charge in [-0.2, -0.15) is 0 Å². The van der Waals surface area contributed by atoms with Gasteiger partial charge < -0.3 is 9.47 Å². The number of amides is 1. The van der Waals surface area contributed by atoms with Crippen molar-refractivity contribution in [3.8, 4) is 0 Å². The average molecular weight is 355 g/mol. The summed E-state index contributed by atoms with van der Waals surface area (Å²) in [5, 5.41) is 0. The number of hydrogen-bond acceptors (Lipinski definition) is 2. The number of halogens is 2. The Morgan fingerprint density at radius 1 is 1.04 bits per heavy atom. The fraction of sp³-hybridized carbons (Fsp3) is 0.300. The van der Waals surface area contributed by atoms with Crippen molar-refractivity contribution >= 4 is 16.9 Å². The molecule has 6 heteroatoms. The normalized spacial score (nSPS) is 15.5. The number of benzene rings is 2. The number of imidazole rings is 1. The van der Waals surface area contributed by atoms with Gasteiger partial charge >= 0.3 is 0 Å². The third kappa shape index (κ3) is 3.07. The number of likely N-dealkylation sites (tertiary alicyclic amines) is 1. The summed E-state index contributed by atoms with van der Waals surface area (Å²) >= 11 is 0. The second-order valence-electron chi connectivity index (χ2n) is 6.72. The van der Waals surface area contributed by atoms with Gasteiger partial charge in [0.25, 0.3) is 5.91 Å². The number of fused-ring (bicyclic) bond motifs is 1. The topological polar surface area (TPSA) is 38.1 Å². The van der Waals surface area contributed by atoms with Gasteiger partial charge in [0.05, 0.1) is 17.4 Å². The molecule has 1 amide bonds. The molecular formula is C20H19F2N3O. The molecule has 134 valence electrons. The lowest BCUT2D eigenvalue weighted by Gasteiger charge is -2.32. The zero-order chi connectivity index (χ0) is 18.1. The van der Waals surface area contributed by atoms with E-state index in [4.69, 9.17) is 0 Å². The summed E-state index contributed by atoms with van der Waals surface area (Å²) in [6.45, 7) is 1.84. The molecule has 26 heavy (non-hydrogen) atoms. The minimum Gasteiger partial charge on any atom is -0.338 e. The summed E-state index contributed by atoms with van der Waals surface area (Å²) in [4.78, 5) is 18.4. The highest BCUT2D eigenvalue weighted by Gasteiger charge is 2.27. The Morgan fingerprint density at radius 2 is 1.73 bits per heavy atom. The SMILES string of the molecule is O=C(c1c(F)cccc1F)N1CCC(Cn2cnc3ccccc32)CC1. The molecule has 3 aromatic rings. The van der Waals surface area contributed by atoms with E-state index in [9.17, 15) is 13.6 Å². The molecule has 0 N–H and O–H groups in total. The van der Waals surface area contributed by atoms with Gasteiger partial charge in [-0.15, -0.1) is 0 Å². The van der Waals surface area contributed by atoms with Crippen LogP contribution in [0.2, 0.25) is 0 Å². The van der Waals surface area contributed by atoms with Crippen LogP contribution in [0.4, 0.5) is 8.78 Å². The molecule has 0 atom stereocenters. The van der Waals surface area contributed by atoms with Crippen LogP contribution in [-0.4, -0.2) is 33.4 Å². The highest BCUT2D eigenvalue weighted by atomic mass is 19.1. The predicted molar refractivity (Wildman–Crippen MR) is 94.7 cm³/mol. The van der Waals surface area contributed by atoms with Gasteiger partial charge in [-0.3, -0.25) is 4.79 Å². The lowest BCUT2D eigenvalue weighted by atomic mass is 9.96. The van der Waals surface area contributed by atoms with E-state index in [1.807, 2.05) is 30.6 Å². The summed E-state index contributed by atoms with van der Waals surface area (Å²) in [7, 11) is 0. The minimum atomic E-state index is -0.804. The molecule has 1 aliphatic heterocycles. The van der Waals surface area contributed by atoms with E-state index in [0.717, 1.165) is 42.6 Å². The Hall–Kier alpha value is -2.76. The van der Waals surface area contributed by atoms with E-state index in [1.54, 1.807) is 4.90 Å². The van der Waals surface area contributed by atoms with Crippen molar-refractivity contribution in [1.29, 1.82) is 0 Å². The fourth-order valence-electron chi connectivity index (χ4n) is 3.61. The van der Waals surface area contributed by atoms with Gasteiger partial charge in [0.15, 0.2) is 0 Å². The maximum absolute atomic E-state index is 13.8. The number of rotatable bonds is 3. The Balaban J connectivity index is 1.42. The van der Waals surface area contributed by atoms with Gasteiger partial charge in [0.1, 0.15) is 17.2 Å². The molecule has 4 rings (SSSR count). The molecule has 0 saturated carbocycles. The van der Waals surface area contributed by atoms with Crippen molar-refractivity contribution in [2.45, 2.75) is 19.4 Å². The molecule has 0 aliphatic carbocycles. The zero-order valence-corrected chi connectivity index (χ0v) is 14.2. The monoisotopic (exact) mass is 355 g/mol. The van der Waals surface area contributed by atoms with Crippen molar-refractivity contribution in [2.75, 3.05) is 13.1 Å². The standard InChI is InChI=1S/C20H19F2N3O/c21-15-4-3-5-16(22)19(15)20(26)24-10-8-14(9-11-24)12-25-13-23-17-6-1-2-7-18(17)25/h1-7,13-14H,8-12H2. The number of carbonyl (C=O) groups excluding carboxylic acids is 1. The van der Waals surface area contributed by atoms with Crippen LogP contribution in [0.25, 0.3) is 11.0 Å². The van der Waals surface area contributed by atoms with Crippen LogP contribution < -0.4 is 0 Å². The molecule has 0 unspecified atom stereocenters. The Labute approximate surface area is 150 Å². The van der Waals surface area contributed by atoms with E-state index < -0.39 is 23.1 Å². The van der Waals surface area contributed by atoms with Gasteiger partial charge in [0.2, 0.25) is 0 Å². The zero-order valence-electron chi connectivity index (χ0n) is 14.2. The summed E-state index contributed by atoms with van der Waals surface area (Å²) in [5.74, 6) is -1.77. The summed E-state index contributed by atoms with van der Waals surface area (Å²) in [5.41, 5.74) is 1.61. The van der Waals surface area contributed by atoms with Crippen LogP contribution in [0.5, 0.6) is 0 Å². The molecule has 0 radical (unpaired) electrons. The maximum Gasteiger partial charge on any atom is 0.259 e. The molecule has 4 nitrogen and oxygen atoms in total.